The average Bonchev–Trinajstić information content (AvgIpc) is 3.11. The average molecular weight is 1350 g/mol. The Morgan fingerprint density at radius 1 is 0.320 bits per heavy atom. The van der Waals surface area contributed by atoms with Crippen molar-refractivity contribution in [2.45, 2.75) is 347 Å². The van der Waals surface area contributed by atoms with E-state index in [9.17, 15) is 19.5 Å². The molecule has 0 amide bonds. The predicted octanol–water partition coefficient (Wildman–Crippen LogP) is 25.8. The van der Waals surface area contributed by atoms with E-state index >= 15 is 0 Å². The van der Waals surface area contributed by atoms with Crippen molar-refractivity contribution in [3.63, 3.8) is 0 Å². The van der Waals surface area contributed by atoms with Gasteiger partial charge >= 0.3 is 17.9 Å². The molecule has 0 aliphatic carbocycles. The molecular weight excluding hydrogens is 1200 g/mol. The minimum Gasteiger partial charge on any atom is -0.477 e. The van der Waals surface area contributed by atoms with Gasteiger partial charge in [-0.15, -0.1) is 0 Å². The number of carbonyl (C=O) groups excluding carboxylic acids is 2. The number of rotatable bonds is 73. The second-order valence-corrected chi connectivity index (χ2v) is 27.6. The van der Waals surface area contributed by atoms with Crippen LogP contribution in [0.3, 0.4) is 0 Å². The van der Waals surface area contributed by atoms with Gasteiger partial charge in [0.1, 0.15) is 13.2 Å². The van der Waals surface area contributed by atoms with Crippen LogP contribution in [-0.2, 0) is 33.3 Å². The highest BCUT2D eigenvalue weighted by Crippen LogP contribution is 2.18. The molecule has 554 valence electrons. The second kappa shape index (κ2) is 76.9. The first-order valence-electron chi connectivity index (χ1n) is 40.0. The number of aliphatic carboxylic acids is 1. The third kappa shape index (κ3) is 78.4. The number of esters is 2. The van der Waals surface area contributed by atoms with E-state index < -0.39 is 24.3 Å². The molecule has 2 unspecified atom stereocenters. The van der Waals surface area contributed by atoms with Crippen LogP contribution >= 0.6 is 0 Å². The Bertz CT molecular complexity index is 2110. The van der Waals surface area contributed by atoms with Crippen molar-refractivity contribution in [3.8, 4) is 0 Å². The van der Waals surface area contributed by atoms with E-state index in [2.05, 4.69) is 160 Å². The van der Waals surface area contributed by atoms with Crippen molar-refractivity contribution in [2.75, 3.05) is 47.5 Å². The first-order chi connectivity index (χ1) is 47.6. The lowest BCUT2D eigenvalue weighted by atomic mass is 10.0. The van der Waals surface area contributed by atoms with Gasteiger partial charge in [-0.3, -0.25) is 9.59 Å². The lowest BCUT2D eigenvalue weighted by molar-refractivity contribution is -0.870. The summed E-state index contributed by atoms with van der Waals surface area (Å²) in [5.74, 6) is -2.05. The first-order valence-corrected chi connectivity index (χ1v) is 40.0. The van der Waals surface area contributed by atoms with Crippen LogP contribution in [0.15, 0.2) is 146 Å². The molecular formula is C88H150NO8+. The molecule has 0 bridgehead atoms. The lowest BCUT2D eigenvalue weighted by Crippen LogP contribution is -2.40. The molecule has 0 heterocycles. The number of carbonyl (C=O) groups is 3. The Balaban J connectivity index is 4.14. The summed E-state index contributed by atoms with van der Waals surface area (Å²) in [4.78, 5) is 37.7. The number of carboxylic acid groups (broad SMARTS) is 1. The van der Waals surface area contributed by atoms with Gasteiger partial charge < -0.3 is 28.5 Å². The maximum Gasteiger partial charge on any atom is 0.361 e. The summed E-state index contributed by atoms with van der Waals surface area (Å²) < 4.78 is 23.0. The van der Waals surface area contributed by atoms with E-state index in [1.54, 1.807) is 0 Å². The Hall–Kier alpha value is -4.83. The molecule has 0 aliphatic heterocycles. The second-order valence-electron chi connectivity index (χ2n) is 27.6. The number of nitrogens with zero attached hydrogens (tertiary/aromatic N) is 1. The van der Waals surface area contributed by atoms with Gasteiger partial charge in [-0.25, -0.2) is 4.79 Å². The molecule has 0 saturated heterocycles. The molecule has 9 heteroatoms. The van der Waals surface area contributed by atoms with E-state index in [1.165, 1.54) is 193 Å². The van der Waals surface area contributed by atoms with Gasteiger partial charge in [-0.05, 0) is 122 Å². The normalized spacial score (nSPS) is 13.5. The Morgan fingerprint density at radius 3 is 0.897 bits per heavy atom. The van der Waals surface area contributed by atoms with Gasteiger partial charge in [0, 0.05) is 12.8 Å². The third-order valence-corrected chi connectivity index (χ3v) is 17.1. The van der Waals surface area contributed by atoms with Crippen LogP contribution in [0.4, 0.5) is 0 Å². The molecule has 0 radical (unpaired) electrons. The van der Waals surface area contributed by atoms with Crippen LogP contribution in [-0.4, -0.2) is 87.4 Å². The lowest BCUT2D eigenvalue weighted by Gasteiger charge is -2.25. The Labute approximate surface area is 598 Å². The zero-order valence-corrected chi connectivity index (χ0v) is 63.4. The van der Waals surface area contributed by atoms with Crippen LogP contribution in [0.5, 0.6) is 0 Å². The first kappa shape index (κ1) is 92.2. The zero-order chi connectivity index (χ0) is 70.4. The summed E-state index contributed by atoms with van der Waals surface area (Å²) >= 11 is 0. The van der Waals surface area contributed by atoms with Crippen LogP contribution in [0.1, 0.15) is 335 Å². The quantitative estimate of drug-likeness (QED) is 0.0211. The fourth-order valence-corrected chi connectivity index (χ4v) is 11.0. The molecule has 0 saturated carbocycles. The van der Waals surface area contributed by atoms with Crippen molar-refractivity contribution in [3.05, 3.63) is 146 Å². The number of likely N-dealkylation sites (N-methyl/N-ethyl adjacent to an activating group) is 1. The third-order valence-electron chi connectivity index (χ3n) is 17.1. The minimum atomic E-state index is -1.53. The van der Waals surface area contributed by atoms with Crippen molar-refractivity contribution >= 4 is 17.9 Å². The number of hydrogen-bond donors (Lipinski definition) is 1. The molecule has 0 aliphatic rings. The van der Waals surface area contributed by atoms with Gasteiger partial charge in [-0.1, -0.05) is 346 Å². The maximum atomic E-state index is 13.0. The largest absolute Gasteiger partial charge is 0.477 e. The summed E-state index contributed by atoms with van der Waals surface area (Å²) in [5.41, 5.74) is 0. The topological polar surface area (TPSA) is 108 Å². The van der Waals surface area contributed by atoms with Crippen LogP contribution in [0.25, 0.3) is 0 Å². The smallest absolute Gasteiger partial charge is 0.361 e. The van der Waals surface area contributed by atoms with Crippen LogP contribution < -0.4 is 0 Å². The molecule has 0 fully saturated rings. The molecule has 9 nitrogen and oxygen atoms in total. The van der Waals surface area contributed by atoms with E-state index in [1.807, 2.05) is 21.1 Å². The van der Waals surface area contributed by atoms with E-state index in [4.69, 9.17) is 18.9 Å². The van der Waals surface area contributed by atoms with E-state index in [0.29, 0.717) is 23.9 Å². The SMILES string of the molecule is CC/C=C\C/C=C\C/C=C\C/C=C\C/C=C\C/C=C\C/C=C\C/C=C\C/C=C\C/C=C\C/C=C\CCCCCC(=O)OC(COC(=O)CCCCCCCCCCCCCCCCCCCCCCCCC/C=C\CCCCCCCCCC)COC(OCC[N+](C)(C)C)C(=O)O. The summed E-state index contributed by atoms with van der Waals surface area (Å²) in [6, 6.07) is 0. The van der Waals surface area contributed by atoms with Gasteiger partial charge in [0.25, 0.3) is 6.29 Å². The summed E-state index contributed by atoms with van der Waals surface area (Å²) in [5, 5.41) is 9.77. The maximum absolute atomic E-state index is 13.0. The van der Waals surface area contributed by atoms with Gasteiger partial charge in [0.05, 0.1) is 34.4 Å². The number of quaternary nitrogens is 1. The van der Waals surface area contributed by atoms with E-state index in [-0.39, 0.29) is 32.2 Å². The minimum absolute atomic E-state index is 0.175. The standard InChI is InChI=1S/C88H149NO8/c1-6-8-10-12-14-16-18-20-22-24-26-28-30-32-34-36-38-40-42-43-45-47-49-51-53-55-57-59-61-63-65-67-69-71-73-75-77-79-86(91)97-84(83-96-88(87(92)93)94-81-80-89(3,4)5)82-95-85(90)78-76-74-72-70-68-66-64-62-60-58-56-54-52-50-48-46-44-41-39-37-35-33-31-29-27-25-23-21-19-17-15-13-11-9-7-2/h8,10,14,16,20,22,25-28,32,34,38,40,43,45,49,51,55,57,61,63,67,69,84,88H,6-7,9,11-13,15,17-19,21,23-24,29-31,33,35-37,39,41-42,44,46-48,50,52-54,56,58-60,62,64-66,68,70-83H2,1-5H3/p+1/b10-8-,16-14-,22-20-,27-25-,28-26-,34-32-,40-38-,45-43-,51-49-,57-55-,63-61-,69-67-. The fraction of sp³-hybridized carbons (Fsp3) is 0.693. The van der Waals surface area contributed by atoms with Gasteiger partial charge in [0.15, 0.2) is 6.10 Å². The van der Waals surface area contributed by atoms with Crippen molar-refractivity contribution in [1.29, 1.82) is 0 Å². The molecule has 0 spiro atoms. The molecule has 2 atom stereocenters. The van der Waals surface area contributed by atoms with Crippen molar-refractivity contribution in [2.24, 2.45) is 0 Å². The predicted molar refractivity (Wildman–Crippen MR) is 419 cm³/mol. The number of allylic oxidation sites excluding steroid dienone is 24. The van der Waals surface area contributed by atoms with Crippen molar-refractivity contribution < 1.29 is 42.9 Å². The van der Waals surface area contributed by atoms with Crippen LogP contribution in [0.2, 0.25) is 0 Å². The molecule has 0 aromatic heterocycles. The number of ether oxygens (including phenoxy) is 4. The fourth-order valence-electron chi connectivity index (χ4n) is 11.0. The Morgan fingerprint density at radius 2 is 0.588 bits per heavy atom. The summed E-state index contributed by atoms with van der Waals surface area (Å²) in [6.07, 6.45) is 110. The van der Waals surface area contributed by atoms with E-state index in [0.717, 1.165) is 109 Å². The summed E-state index contributed by atoms with van der Waals surface area (Å²) in [7, 11) is 5.97. The molecule has 1 N–H and O–H groups in total. The summed E-state index contributed by atoms with van der Waals surface area (Å²) in [6.45, 7) is 4.74. The van der Waals surface area contributed by atoms with Gasteiger partial charge in [0.2, 0.25) is 0 Å². The van der Waals surface area contributed by atoms with Crippen LogP contribution in [0, 0.1) is 0 Å². The van der Waals surface area contributed by atoms with Gasteiger partial charge in [-0.2, -0.15) is 0 Å². The number of unbranched alkanes of at least 4 members (excludes halogenated alkanes) is 34. The molecule has 0 rings (SSSR count). The highest BCUT2D eigenvalue weighted by Gasteiger charge is 2.25. The highest BCUT2D eigenvalue weighted by atomic mass is 16.7. The Kier molecular flexibility index (Phi) is 73.1. The molecule has 97 heavy (non-hydrogen) atoms. The zero-order valence-electron chi connectivity index (χ0n) is 63.4. The monoisotopic (exact) mass is 1350 g/mol. The molecule has 0 aromatic carbocycles. The highest BCUT2D eigenvalue weighted by molar-refractivity contribution is 5.71. The number of hydrogen-bond acceptors (Lipinski definition) is 7. The van der Waals surface area contributed by atoms with Crippen molar-refractivity contribution in [1.82, 2.24) is 0 Å². The molecule has 0 aromatic rings. The number of carboxylic acids is 1.